The summed E-state index contributed by atoms with van der Waals surface area (Å²) in [5.74, 6) is -1.43. The minimum Gasteiger partial charge on any atom is -0.480 e. The molecule has 18 heavy (non-hydrogen) atoms. The minimum atomic E-state index is -1.09. The van der Waals surface area contributed by atoms with E-state index in [1.807, 2.05) is 6.92 Å². The summed E-state index contributed by atoms with van der Waals surface area (Å²) in [6.45, 7) is 5.51. The summed E-state index contributed by atoms with van der Waals surface area (Å²) < 4.78 is 0. The summed E-state index contributed by atoms with van der Waals surface area (Å²) in [7, 11) is 0. The molecule has 0 aromatic rings. The lowest BCUT2D eigenvalue weighted by molar-refractivity contribution is -0.142. The molecule has 0 aliphatic carbocycles. The van der Waals surface area contributed by atoms with E-state index in [0.717, 1.165) is 12.8 Å². The molecule has 0 spiro atoms. The van der Waals surface area contributed by atoms with Crippen molar-refractivity contribution in [3.05, 3.63) is 0 Å². The number of carbonyl (C=O) groups excluding carboxylic acids is 2. The van der Waals surface area contributed by atoms with E-state index in [0.29, 0.717) is 6.42 Å². The Morgan fingerprint density at radius 2 is 1.78 bits per heavy atom. The van der Waals surface area contributed by atoms with E-state index >= 15 is 0 Å². The highest BCUT2D eigenvalue weighted by atomic mass is 16.4. The summed E-state index contributed by atoms with van der Waals surface area (Å²) >= 11 is 0. The van der Waals surface area contributed by atoms with Gasteiger partial charge in [-0.3, -0.25) is 9.59 Å². The van der Waals surface area contributed by atoms with Crippen LogP contribution in [-0.2, 0) is 14.4 Å². The van der Waals surface area contributed by atoms with Crippen LogP contribution in [0.2, 0.25) is 0 Å². The van der Waals surface area contributed by atoms with E-state index in [-0.39, 0.29) is 30.4 Å². The second-order valence-corrected chi connectivity index (χ2v) is 4.72. The van der Waals surface area contributed by atoms with Crippen LogP contribution in [0.5, 0.6) is 0 Å². The maximum absolute atomic E-state index is 11.4. The van der Waals surface area contributed by atoms with Crippen LogP contribution in [0.4, 0.5) is 0 Å². The van der Waals surface area contributed by atoms with Crippen LogP contribution >= 0.6 is 0 Å². The summed E-state index contributed by atoms with van der Waals surface area (Å²) in [5, 5.41) is 11.4. The lowest BCUT2D eigenvalue weighted by Gasteiger charge is -2.14. The molecular formula is C13H23NO4. The van der Waals surface area contributed by atoms with Crippen molar-refractivity contribution in [1.29, 1.82) is 0 Å². The number of nitrogens with one attached hydrogen (secondary N) is 1. The molecular weight excluding hydrogens is 234 g/mol. The Labute approximate surface area is 108 Å². The third-order valence-electron chi connectivity index (χ3n) is 2.71. The monoisotopic (exact) mass is 257 g/mol. The fourth-order valence-electron chi connectivity index (χ4n) is 1.44. The van der Waals surface area contributed by atoms with Gasteiger partial charge < -0.3 is 10.4 Å². The average molecular weight is 257 g/mol. The zero-order chi connectivity index (χ0) is 14.1. The number of ketones is 1. The Hall–Kier alpha value is -1.39. The van der Waals surface area contributed by atoms with E-state index in [4.69, 9.17) is 5.11 Å². The van der Waals surface area contributed by atoms with Crippen molar-refractivity contribution < 1.29 is 19.5 Å². The van der Waals surface area contributed by atoms with Crippen LogP contribution in [0.3, 0.4) is 0 Å². The molecule has 2 N–H and O–H groups in total. The van der Waals surface area contributed by atoms with Crippen molar-refractivity contribution in [1.82, 2.24) is 5.32 Å². The first-order chi connectivity index (χ1) is 8.38. The molecule has 1 amide bonds. The lowest BCUT2D eigenvalue weighted by atomic mass is 10.0. The van der Waals surface area contributed by atoms with Gasteiger partial charge in [0.1, 0.15) is 11.8 Å². The van der Waals surface area contributed by atoms with Crippen LogP contribution in [0.15, 0.2) is 0 Å². The number of carbonyl (C=O) groups is 3. The van der Waals surface area contributed by atoms with Gasteiger partial charge in [-0.25, -0.2) is 4.79 Å². The van der Waals surface area contributed by atoms with Crippen molar-refractivity contribution in [3.8, 4) is 0 Å². The lowest BCUT2D eigenvalue weighted by Crippen LogP contribution is -2.41. The van der Waals surface area contributed by atoms with Gasteiger partial charge in [0.15, 0.2) is 0 Å². The van der Waals surface area contributed by atoms with E-state index in [1.165, 1.54) is 0 Å². The number of hydrogen-bond acceptors (Lipinski definition) is 3. The Morgan fingerprint density at radius 1 is 1.17 bits per heavy atom. The minimum absolute atomic E-state index is 0.0176. The zero-order valence-corrected chi connectivity index (χ0v) is 11.4. The Bertz CT molecular complexity index is 299. The van der Waals surface area contributed by atoms with Crippen LogP contribution < -0.4 is 5.32 Å². The summed E-state index contributed by atoms with van der Waals surface area (Å²) in [5.41, 5.74) is 0. The summed E-state index contributed by atoms with van der Waals surface area (Å²) in [6, 6.07) is -0.961. The molecule has 0 saturated carbocycles. The topological polar surface area (TPSA) is 83.5 Å². The van der Waals surface area contributed by atoms with Crippen molar-refractivity contribution in [2.24, 2.45) is 5.92 Å². The van der Waals surface area contributed by atoms with Crippen LogP contribution in [0, 0.1) is 5.92 Å². The molecule has 5 heteroatoms. The van der Waals surface area contributed by atoms with Crippen LogP contribution in [0.25, 0.3) is 0 Å². The van der Waals surface area contributed by atoms with Gasteiger partial charge in [-0.05, 0) is 12.8 Å². The van der Waals surface area contributed by atoms with Gasteiger partial charge in [0, 0.05) is 18.8 Å². The molecule has 5 nitrogen and oxygen atoms in total. The van der Waals surface area contributed by atoms with Crippen molar-refractivity contribution in [3.63, 3.8) is 0 Å². The predicted octanol–water partition coefficient (Wildman–Crippen LogP) is 1.75. The van der Waals surface area contributed by atoms with Gasteiger partial charge in [-0.2, -0.15) is 0 Å². The largest absolute Gasteiger partial charge is 0.480 e. The number of Topliss-reactive ketones (excluding diaryl/α,β-unsaturated/α-hetero) is 1. The van der Waals surface area contributed by atoms with Crippen molar-refractivity contribution in [2.45, 2.75) is 58.9 Å². The first kappa shape index (κ1) is 16.6. The van der Waals surface area contributed by atoms with Gasteiger partial charge >= 0.3 is 5.97 Å². The average Bonchev–Trinajstić information content (AvgIpc) is 2.30. The number of rotatable bonds is 9. The fraction of sp³-hybridized carbons (Fsp3) is 0.769. The highest BCUT2D eigenvalue weighted by Crippen LogP contribution is 2.06. The Kier molecular flexibility index (Phi) is 8.00. The standard InChI is InChI=1S/C13H23NO4/c1-4-5-6-12(16)14-10(13(17)18)7-8-11(15)9(2)3/h9-10H,4-8H2,1-3H3,(H,14,16)(H,17,18). The predicted molar refractivity (Wildman–Crippen MR) is 68.2 cm³/mol. The zero-order valence-electron chi connectivity index (χ0n) is 11.4. The van der Waals surface area contributed by atoms with Crippen LogP contribution in [0.1, 0.15) is 52.9 Å². The van der Waals surface area contributed by atoms with E-state index in [2.05, 4.69) is 5.32 Å². The Morgan fingerprint density at radius 3 is 2.22 bits per heavy atom. The van der Waals surface area contributed by atoms with Gasteiger partial charge in [0.2, 0.25) is 5.91 Å². The number of aliphatic carboxylic acids is 1. The smallest absolute Gasteiger partial charge is 0.326 e. The molecule has 0 rings (SSSR count). The molecule has 0 aliphatic rings. The summed E-state index contributed by atoms with van der Waals surface area (Å²) in [6.07, 6.45) is 2.30. The first-order valence-electron chi connectivity index (χ1n) is 6.43. The van der Waals surface area contributed by atoms with Crippen LogP contribution in [-0.4, -0.2) is 28.8 Å². The maximum atomic E-state index is 11.4. The summed E-state index contributed by atoms with van der Waals surface area (Å²) in [4.78, 5) is 33.8. The fourth-order valence-corrected chi connectivity index (χ4v) is 1.44. The first-order valence-corrected chi connectivity index (χ1v) is 6.43. The van der Waals surface area contributed by atoms with Gasteiger partial charge in [-0.1, -0.05) is 27.2 Å². The van der Waals surface area contributed by atoms with E-state index in [9.17, 15) is 14.4 Å². The number of hydrogen-bond donors (Lipinski definition) is 2. The molecule has 0 aliphatic heterocycles. The molecule has 0 aromatic carbocycles. The van der Waals surface area contributed by atoms with Gasteiger partial charge in [0.25, 0.3) is 0 Å². The molecule has 0 fully saturated rings. The van der Waals surface area contributed by atoms with Crippen molar-refractivity contribution in [2.75, 3.05) is 0 Å². The van der Waals surface area contributed by atoms with Gasteiger partial charge in [-0.15, -0.1) is 0 Å². The molecule has 0 radical (unpaired) electrons. The molecule has 0 heterocycles. The number of carboxylic acids is 1. The van der Waals surface area contributed by atoms with E-state index in [1.54, 1.807) is 13.8 Å². The third kappa shape index (κ3) is 7.04. The van der Waals surface area contributed by atoms with E-state index < -0.39 is 12.0 Å². The third-order valence-corrected chi connectivity index (χ3v) is 2.71. The Balaban J connectivity index is 4.19. The van der Waals surface area contributed by atoms with Gasteiger partial charge in [0.05, 0.1) is 0 Å². The quantitative estimate of drug-likeness (QED) is 0.659. The van der Waals surface area contributed by atoms with Crippen molar-refractivity contribution >= 4 is 17.7 Å². The second kappa shape index (κ2) is 8.66. The maximum Gasteiger partial charge on any atom is 0.326 e. The normalized spacial score (nSPS) is 12.2. The number of carboxylic acid groups (broad SMARTS) is 1. The molecule has 1 unspecified atom stereocenters. The number of amides is 1. The number of unbranched alkanes of at least 4 members (excludes halogenated alkanes) is 1. The second-order valence-electron chi connectivity index (χ2n) is 4.72. The molecule has 0 aromatic heterocycles. The molecule has 0 bridgehead atoms. The highest BCUT2D eigenvalue weighted by Gasteiger charge is 2.21. The molecule has 1 atom stereocenters. The molecule has 104 valence electrons. The molecule has 0 saturated heterocycles. The SMILES string of the molecule is CCCCC(=O)NC(CCC(=O)C(C)C)C(=O)O. The highest BCUT2D eigenvalue weighted by molar-refractivity contribution is 5.85.